The second-order valence-electron chi connectivity index (χ2n) is 5.74. The van der Waals surface area contributed by atoms with Crippen molar-refractivity contribution >= 4 is 17.5 Å². The van der Waals surface area contributed by atoms with Gasteiger partial charge in [0.1, 0.15) is 0 Å². The van der Waals surface area contributed by atoms with Crippen molar-refractivity contribution in [3.05, 3.63) is 59.4 Å². The normalized spacial score (nSPS) is 12.0. The molecule has 0 aliphatic heterocycles. The van der Waals surface area contributed by atoms with E-state index in [1.165, 1.54) is 0 Å². The summed E-state index contributed by atoms with van der Waals surface area (Å²) in [5, 5.41) is 3.28. The molecule has 0 saturated heterocycles. The molecule has 122 valence electrons. The van der Waals surface area contributed by atoms with Crippen LogP contribution in [0.15, 0.2) is 48.7 Å². The third kappa shape index (κ3) is 5.57. The van der Waals surface area contributed by atoms with Gasteiger partial charge in [-0.3, -0.25) is 4.79 Å². The van der Waals surface area contributed by atoms with Gasteiger partial charge in [0.2, 0.25) is 0 Å². The third-order valence-electron chi connectivity index (χ3n) is 3.33. The number of nitrogens with zero attached hydrogens (tertiary/aromatic N) is 1. The average Bonchev–Trinajstić information content (AvgIpc) is 2.54. The second kappa shape index (κ2) is 8.53. The van der Waals surface area contributed by atoms with Gasteiger partial charge in [-0.05, 0) is 30.0 Å². The predicted molar refractivity (Wildman–Crippen MR) is 91.5 cm³/mol. The molecule has 1 atom stereocenters. The van der Waals surface area contributed by atoms with Crippen molar-refractivity contribution < 1.29 is 9.53 Å². The van der Waals surface area contributed by atoms with E-state index >= 15 is 0 Å². The predicted octanol–water partition coefficient (Wildman–Crippen LogP) is 4.02. The smallest absolute Gasteiger partial charge is 0.258 e. The van der Waals surface area contributed by atoms with Crippen molar-refractivity contribution in [3.63, 3.8) is 0 Å². The number of carbonyl (C=O) groups is 1. The molecule has 4 nitrogen and oxygen atoms in total. The molecule has 1 heterocycles. The zero-order chi connectivity index (χ0) is 16.7. The minimum Gasteiger partial charge on any atom is -0.481 e. The van der Waals surface area contributed by atoms with Gasteiger partial charge in [0, 0.05) is 6.20 Å². The van der Waals surface area contributed by atoms with E-state index in [1.54, 1.807) is 18.3 Å². The maximum Gasteiger partial charge on any atom is 0.258 e. The van der Waals surface area contributed by atoms with Crippen molar-refractivity contribution in [2.24, 2.45) is 5.92 Å². The fourth-order valence-electron chi connectivity index (χ4n) is 2.29. The van der Waals surface area contributed by atoms with Gasteiger partial charge in [0.05, 0.1) is 6.04 Å². The van der Waals surface area contributed by atoms with Gasteiger partial charge < -0.3 is 10.1 Å². The lowest BCUT2D eigenvalue weighted by Crippen LogP contribution is -2.33. The van der Waals surface area contributed by atoms with Crippen molar-refractivity contribution in [3.8, 4) is 5.75 Å². The van der Waals surface area contributed by atoms with Gasteiger partial charge in [-0.15, -0.1) is 0 Å². The topological polar surface area (TPSA) is 51.2 Å². The fraction of sp³-hybridized carbons (Fsp3) is 0.333. The fourth-order valence-corrected chi connectivity index (χ4v) is 2.47. The Morgan fingerprint density at radius 2 is 1.96 bits per heavy atom. The summed E-state index contributed by atoms with van der Waals surface area (Å²) in [6.07, 6.45) is 2.44. The van der Waals surface area contributed by atoms with E-state index in [-0.39, 0.29) is 23.7 Å². The molecule has 0 fully saturated rings. The Bertz CT molecular complexity index is 632. The summed E-state index contributed by atoms with van der Waals surface area (Å²) in [5.41, 5.74) is 1.09. The maximum atomic E-state index is 12.2. The highest BCUT2D eigenvalue weighted by Gasteiger charge is 2.16. The highest BCUT2D eigenvalue weighted by molar-refractivity contribution is 6.30. The zero-order valence-corrected chi connectivity index (χ0v) is 14.1. The van der Waals surface area contributed by atoms with Crippen LogP contribution >= 0.6 is 11.6 Å². The molecule has 0 spiro atoms. The maximum absolute atomic E-state index is 12.2. The number of hydrogen-bond acceptors (Lipinski definition) is 3. The van der Waals surface area contributed by atoms with E-state index < -0.39 is 0 Å². The molecular weight excluding hydrogens is 312 g/mol. The molecule has 1 amide bonds. The minimum absolute atomic E-state index is 0.0309. The van der Waals surface area contributed by atoms with Gasteiger partial charge in [-0.1, -0.05) is 55.8 Å². The summed E-state index contributed by atoms with van der Waals surface area (Å²) in [7, 11) is 0. The van der Waals surface area contributed by atoms with E-state index in [0.717, 1.165) is 12.0 Å². The molecule has 1 N–H and O–H groups in total. The first kappa shape index (κ1) is 17.3. The van der Waals surface area contributed by atoms with Gasteiger partial charge >= 0.3 is 0 Å². The molecule has 0 saturated carbocycles. The highest BCUT2D eigenvalue weighted by atomic mass is 35.5. The minimum atomic E-state index is -0.181. The molecule has 23 heavy (non-hydrogen) atoms. The van der Waals surface area contributed by atoms with Crippen LogP contribution in [0.5, 0.6) is 5.75 Å². The molecule has 0 bridgehead atoms. The quantitative estimate of drug-likeness (QED) is 0.779. The van der Waals surface area contributed by atoms with Crippen molar-refractivity contribution in [1.82, 2.24) is 10.3 Å². The van der Waals surface area contributed by atoms with Crippen molar-refractivity contribution in [1.29, 1.82) is 0 Å². The highest BCUT2D eigenvalue weighted by Crippen LogP contribution is 2.22. The molecular formula is C18H21ClN2O2. The number of hydrogen-bond donors (Lipinski definition) is 1. The first-order valence-corrected chi connectivity index (χ1v) is 8.01. The molecule has 2 rings (SSSR count). The van der Waals surface area contributed by atoms with Crippen LogP contribution in [0.25, 0.3) is 0 Å². The van der Waals surface area contributed by atoms with Crippen LogP contribution < -0.4 is 10.1 Å². The van der Waals surface area contributed by atoms with Gasteiger partial charge in [-0.2, -0.15) is 0 Å². The van der Waals surface area contributed by atoms with E-state index in [4.69, 9.17) is 16.3 Å². The number of rotatable bonds is 7. The van der Waals surface area contributed by atoms with E-state index in [0.29, 0.717) is 11.7 Å². The first-order valence-electron chi connectivity index (χ1n) is 7.64. The van der Waals surface area contributed by atoms with E-state index in [2.05, 4.69) is 24.1 Å². The number of halogens is 1. The van der Waals surface area contributed by atoms with Gasteiger partial charge in [0.25, 0.3) is 5.91 Å². The molecule has 0 aliphatic carbocycles. The molecule has 2 aromatic rings. The lowest BCUT2D eigenvalue weighted by atomic mass is 9.97. The first-order chi connectivity index (χ1) is 11.1. The summed E-state index contributed by atoms with van der Waals surface area (Å²) in [6, 6.07) is 13.3. The Balaban J connectivity index is 1.96. The standard InChI is InChI=1S/C18H21ClN2O2/c1-13(2)11-15(14-7-4-3-5-8-14)21-17(22)12-23-16-9-6-10-20-18(16)19/h3-10,13,15H,11-12H2,1-2H3,(H,21,22). The summed E-state index contributed by atoms with van der Waals surface area (Å²) < 4.78 is 5.43. The van der Waals surface area contributed by atoms with Crippen LogP contribution in [-0.4, -0.2) is 17.5 Å². The summed E-state index contributed by atoms with van der Waals surface area (Å²) >= 11 is 5.91. The Hall–Kier alpha value is -2.07. The number of amides is 1. The van der Waals surface area contributed by atoms with Crippen molar-refractivity contribution in [2.45, 2.75) is 26.3 Å². The molecule has 1 unspecified atom stereocenters. The molecule has 0 radical (unpaired) electrons. The van der Waals surface area contributed by atoms with Crippen LogP contribution in [0.2, 0.25) is 5.15 Å². The van der Waals surface area contributed by atoms with Crippen LogP contribution in [-0.2, 0) is 4.79 Å². The van der Waals surface area contributed by atoms with Crippen molar-refractivity contribution in [2.75, 3.05) is 6.61 Å². The van der Waals surface area contributed by atoms with Gasteiger partial charge in [0.15, 0.2) is 17.5 Å². The average molecular weight is 333 g/mol. The molecule has 0 aliphatic rings. The summed E-state index contributed by atoms with van der Waals surface area (Å²) in [4.78, 5) is 16.1. The lowest BCUT2D eigenvalue weighted by molar-refractivity contribution is -0.124. The number of nitrogens with one attached hydrogen (secondary N) is 1. The van der Waals surface area contributed by atoms with Gasteiger partial charge in [-0.25, -0.2) is 4.98 Å². The zero-order valence-electron chi connectivity index (χ0n) is 13.3. The third-order valence-corrected chi connectivity index (χ3v) is 3.61. The number of carbonyl (C=O) groups excluding carboxylic acids is 1. The Morgan fingerprint density at radius 1 is 1.22 bits per heavy atom. The SMILES string of the molecule is CC(C)CC(NC(=O)COc1cccnc1Cl)c1ccccc1. The van der Waals surface area contributed by atoms with Crippen LogP contribution in [0.3, 0.4) is 0 Å². The van der Waals surface area contributed by atoms with E-state index in [1.807, 2.05) is 30.3 Å². The molecule has 1 aromatic carbocycles. The summed E-state index contributed by atoms with van der Waals surface area (Å²) in [6.45, 7) is 4.18. The number of ether oxygens (including phenoxy) is 1. The van der Waals surface area contributed by atoms with E-state index in [9.17, 15) is 4.79 Å². The lowest BCUT2D eigenvalue weighted by Gasteiger charge is -2.21. The van der Waals surface area contributed by atoms with Crippen LogP contribution in [0.1, 0.15) is 31.9 Å². The number of pyridine rings is 1. The largest absolute Gasteiger partial charge is 0.481 e. The van der Waals surface area contributed by atoms with Crippen LogP contribution in [0.4, 0.5) is 0 Å². The second-order valence-corrected chi connectivity index (χ2v) is 6.10. The Morgan fingerprint density at radius 3 is 2.61 bits per heavy atom. The Labute approximate surface area is 141 Å². The number of aromatic nitrogens is 1. The summed E-state index contributed by atoms with van der Waals surface area (Å²) in [5.74, 6) is 0.693. The van der Waals surface area contributed by atoms with Crippen LogP contribution in [0, 0.1) is 5.92 Å². The Kier molecular flexibility index (Phi) is 6.41. The molecule has 5 heteroatoms. The monoisotopic (exact) mass is 332 g/mol. The molecule has 1 aromatic heterocycles. The number of benzene rings is 1.